The third-order valence-electron chi connectivity index (χ3n) is 4.69. The summed E-state index contributed by atoms with van der Waals surface area (Å²) in [5.74, 6) is 0.275. The second-order valence-corrected chi connectivity index (χ2v) is 6.76. The maximum Gasteiger partial charge on any atom is 0.271 e. The van der Waals surface area contributed by atoms with Crippen LogP contribution in [0.4, 0.5) is 5.69 Å². The van der Waals surface area contributed by atoms with E-state index in [9.17, 15) is 14.9 Å². The average molecular weight is 386 g/mol. The number of aromatic nitrogens is 2. The highest BCUT2D eigenvalue weighted by Gasteiger charge is 2.22. The van der Waals surface area contributed by atoms with Crippen LogP contribution in [-0.2, 0) is 0 Å². The molecule has 0 saturated carbocycles. The van der Waals surface area contributed by atoms with Gasteiger partial charge in [0.25, 0.3) is 11.6 Å². The number of aryl methyl sites for hydroxylation is 1. The van der Waals surface area contributed by atoms with Gasteiger partial charge in [0, 0.05) is 17.7 Å². The smallest absolute Gasteiger partial charge is 0.271 e. The van der Waals surface area contributed by atoms with Crippen LogP contribution in [0.3, 0.4) is 0 Å². The standard InChI is InChI=1S/C22H18N4O3/c1-14-7-9-16(10-8-14)22(27)25-20(15-5-3-2-4-6-15)21-23-18-12-11-17(26(28)29)13-19(18)24-21/h2-13,20H,1H3,(H,23,24)(H,25,27). The number of hydrogen-bond donors (Lipinski definition) is 2. The van der Waals surface area contributed by atoms with Gasteiger partial charge in [-0.2, -0.15) is 0 Å². The maximum absolute atomic E-state index is 12.8. The molecule has 4 aromatic rings. The zero-order valence-corrected chi connectivity index (χ0v) is 15.6. The third-order valence-corrected chi connectivity index (χ3v) is 4.69. The molecule has 0 radical (unpaired) electrons. The SMILES string of the molecule is Cc1ccc(C(=O)NC(c2ccccc2)c2nc3ccc([N+](=O)[O-])cc3[nH]2)cc1. The first kappa shape index (κ1) is 18.4. The van der Waals surface area contributed by atoms with Crippen LogP contribution in [-0.4, -0.2) is 20.8 Å². The number of hydrogen-bond acceptors (Lipinski definition) is 4. The monoisotopic (exact) mass is 386 g/mol. The van der Waals surface area contributed by atoms with E-state index in [1.165, 1.54) is 12.1 Å². The normalized spacial score (nSPS) is 11.9. The van der Waals surface area contributed by atoms with Crippen molar-refractivity contribution in [2.75, 3.05) is 0 Å². The Morgan fingerprint density at radius 1 is 1.07 bits per heavy atom. The molecule has 1 heterocycles. The summed E-state index contributed by atoms with van der Waals surface area (Å²) in [4.78, 5) is 31.1. The highest BCUT2D eigenvalue weighted by atomic mass is 16.6. The lowest BCUT2D eigenvalue weighted by Gasteiger charge is -2.17. The van der Waals surface area contributed by atoms with Gasteiger partial charge in [-0.05, 0) is 30.7 Å². The van der Waals surface area contributed by atoms with Crippen LogP contribution in [0.25, 0.3) is 11.0 Å². The van der Waals surface area contributed by atoms with E-state index < -0.39 is 11.0 Å². The van der Waals surface area contributed by atoms with Crippen molar-refractivity contribution >= 4 is 22.6 Å². The highest BCUT2D eigenvalue weighted by molar-refractivity contribution is 5.94. The van der Waals surface area contributed by atoms with Gasteiger partial charge in [-0.3, -0.25) is 14.9 Å². The van der Waals surface area contributed by atoms with Crippen molar-refractivity contribution in [2.45, 2.75) is 13.0 Å². The minimum Gasteiger partial charge on any atom is -0.340 e. The number of imidazole rings is 1. The van der Waals surface area contributed by atoms with Crippen LogP contribution in [0.5, 0.6) is 0 Å². The summed E-state index contributed by atoms with van der Waals surface area (Å²) in [6, 6.07) is 20.7. The second kappa shape index (κ2) is 7.55. The number of fused-ring (bicyclic) bond motifs is 1. The van der Waals surface area contributed by atoms with Crippen molar-refractivity contribution in [3.8, 4) is 0 Å². The Morgan fingerprint density at radius 2 is 1.79 bits per heavy atom. The summed E-state index contributed by atoms with van der Waals surface area (Å²) in [6.45, 7) is 1.96. The molecule has 0 aliphatic carbocycles. The third kappa shape index (κ3) is 3.84. The molecule has 1 amide bonds. The summed E-state index contributed by atoms with van der Waals surface area (Å²) in [5, 5.41) is 14.1. The van der Waals surface area contributed by atoms with Crippen LogP contribution in [0, 0.1) is 17.0 Å². The van der Waals surface area contributed by atoms with Gasteiger partial charge < -0.3 is 10.3 Å². The molecule has 3 aromatic carbocycles. The van der Waals surface area contributed by atoms with E-state index in [2.05, 4.69) is 15.3 Å². The zero-order chi connectivity index (χ0) is 20.4. The van der Waals surface area contributed by atoms with Gasteiger partial charge in [0.2, 0.25) is 0 Å². The van der Waals surface area contributed by atoms with Crippen molar-refractivity contribution in [2.24, 2.45) is 0 Å². The maximum atomic E-state index is 12.8. The fourth-order valence-corrected chi connectivity index (χ4v) is 3.14. The van der Waals surface area contributed by atoms with Crippen LogP contribution >= 0.6 is 0 Å². The number of H-pyrrole nitrogens is 1. The topological polar surface area (TPSA) is 101 Å². The lowest BCUT2D eigenvalue weighted by atomic mass is 10.1. The molecule has 0 bridgehead atoms. The van der Waals surface area contributed by atoms with Crippen LogP contribution in [0.15, 0.2) is 72.8 Å². The van der Waals surface area contributed by atoms with Crippen LogP contribution in [0.2, 0.25) is 0 Å². The molecule has 0 fully saturated rings. The molecule has 7 heteroatoms. The Kier molecular flexibility index (Phi) is 4.78. The number of rotatable bonds is 5. The molecule has 0 aliphatic rings. The minimum atomic E-state index is -0.531. The zero-order valence-electron chi connectivity index (χ0n) is 15.6. The first-order valence-electron chi connectivity index (χ1n) is 9.08. The predicted molar refractivity (Wildman–Crippen MR) is 110 cm³/mol. The molecule has 1 unspecified atom stereocenters. The van der Waals surface area contributed by atoms with E-state index in [1.54, 1.807) is 18.2 Å². The molecule has 144 valence electrons. The molecule has 1 atom stereocenters. The van der Waals surface area contributed by atoms with Crippen molar-refractivity contribution < 1.29 is 9.72 Å². The van der Waals surface area contributed by atoms with E-state index >= 15 is 0 Å². The van der Waals surface area contributed by atoms with Gasteiger partial charge in [0.1, 0.15) is 11.9 Å². The molecule has 0 aliphatic heterocycles. The lowest BCUT2D eigenvalue weighted by molar-refractivity contribution is -0.384. The number of nitro benzene ring substituents is 1. The number of amides is 1. The van der Waals surface area contributed by atoms with Gasteiger partial charge in [0.05, 0.1) is 16.0 Å². The van der Waals surface area contributed by atoms with E-state index in [-0.39, 0.29) is 11.6 Å². The van der Waals surface area contributed by atoms with Gasteiger partial charge in [0.15, 0.2) is 0 Å². The fraction of sp³-hybridized carbons (Fsp3) is 0.0909. The molecule has 7 nitrogen and oxygen atoms in total. The van der Waals surface area contributed by atoms with Crippen LogP contribution < -0.4 is 5.32 Å². The highest BCUT2D eigenvalue weighted by Crippen LogP contribution is 2.25. The van der Waals surface area contributed by atoms with Crippen LogP contribution in [0.1, 0.15) is 33.4 Å². The Hall–Kier alpha value is -4.00. The lowest BCUT2D eigenvalue weighted by Crippen LogP contribution is -2.30. The molecule has 0 spiro atoms. The largest absolute Gasteiger partial charge is 0.340 e. The van der Waals surface area contributed by atoms with E-state index in [0.717, 1.165) is 11.1 Å². The fourth-order valence-electron chi connectivity index (χ4n) is 3.14. The number of nitrogens with zero attached hydrogens (tertiary/aromatic N) is 2. The van der Waals surface area contributed by atoms with Gasteiger partial charge >= 0.3 is 0 Å². The van der Waals surface area contributed by atoms with Crippen molar-refractivity contribution in [3.05, 3.63) is 105 Å². The quantitative estimate of drug-likeness (QED) is 0.394. The number of benzene rings is 3. The molecule has 0 saturated heterocycles. The number of nitrogens with one attached hydrogen (secondary N) is 2. The van der Waals surface area contributed by atoms with Crippen molar-refractivity contribution in [1.29, 1.82) is 0 Å². The molecule has 1 aromatic heterocycles. The first-order chi connectivity index (χ1) is 14.0. The first-order valence-corrected chi connectivity index (χ1v) is 9.08. The summed E-state index contributed by atoms with van der Waals surface area (Å²) in [5.41, 5.74) is 3.58. The number of carbonyl (C=O) groups is 1. The molecular weight excluding hydrogens is 368 g/mol. The number of carbonyl (C=O) groups excluding carboxylic acids is 1. The molecular formula is C22H18N4O3. The predicted octanol–water partition coefficient (Wildman–Crippen LogP) is 4.30. The molecule has 29 heavy (non-hydrogen) atoms. The van der Waals surface area contributed by atoms with E-state index in [4.69, 9.17) is 0 Å². The number of non-ortho nitro benzene ring substituents is 1. The minimum absolute atomic E-state index is 0.0207. The summed E-state index contributed by atoms with van der Waals surface area (Å²) in [6.07, 6.45) is 0. The average Bonchev–Trinajstić information content (AvgIpc) is 3.16. The van der Waals surface area contributed by atoms with E-state index in [1.807, 2.05) is 49.4 Å². The summed E-state index contributed by atoms with van der Waals surface area (Å²) < 4.78 is 0. The summed E-state index contributed by atoms with van der Waals surface area (Å²) in [7, 11) is 0. The Labute approximate surface area is 166 Å². The second-order valence-electron chi connectivity index (χ2n) is 6.76. The van der Waals surface area contributed by atoms with Gasteiger partial charge in [-0.25, -0.2) is 4.98 Å². The Balaban J connectivity index is 1.73. The van der Waals surface area contributed by atoms with Crippen molar-refractivity contribution in [3.63, 3.8) is 0 Å². The van der Waals surface area contributed by atoms with Crippen molar-refractivity contribution in [1.82, 2.24) is 15.3 Å². The number of nitro groups is 1. The molecule has 4 rings (SSSR count). The number of aromatic amines is 1. The van der Waals surface area contributed by atoms with Gasteiger partial charge in [-0.15, -0.1) is 0 Å². The Morgan fingerprint density at radius 3 is 2.48 bits per heavy atom. The Bertz CT molecular complexity index is 1180. The van der Waals surface area contributed by atoms with E-state index in [0.29, 0.717) is 22.4 Å². The summed E-state index contributed by atoms with van der Waals surface area (Å²) >= 11 is 0. The molecule has 2 N–H and O–H groups in total. The van der Waals surface area contributed by atoms with Gasteiger partial charge in [-0.1, -0.05) is 48.0 Å².